The van der Waals surface area contributed by atoms with E-state index < -0.39 is 0 Å². The molecule has 86 valence electrons. The van der Waals surface area contributed by atoms with Gasteiger partial charge in [-0.1, -0.05) is 0 Å². The van der Waals surface area contributed by atoms with Crippen molar-refractivity contribution in [1.29, 1.82) is 10.5 Å². The molecule has 0 amide bonds. The Labute approximate surface area is 104 Å². The van der Waals surface area contributed by atoms with E-state index in [1.165, 1.54) is 0 Å². The topological polar surface area (TPSA) is 81.2 Å². The fourth-order valence-electron chi connectivity index (χ4n) is 1.10. The molecule has 5 nitrogen and oxygen atoms in total. The Hall–Kier alpha value is -2.18. The largest absolute Gasteiger partial charge is 0.496 e. The highest BCUT2D eigenvalue weighted by atomic mass is 32.2. The summed E-state index contributed by atoms with van der Waals surface area (Å²) in [5, 5.41) is 20.7. The highest BCUT2D eigenvalue weighted by molar-refractivity contribution is 7.98. The van der Waals surface area contributed by atoms with Crippen molar-refractivity contribution in [3.8, 4) is 17.9 Å². The minimum atomic E-state index is -0.224. The van der Waals surface area contributed by atoms with E-state index in [2.05, 4.69) is 10.5 Å². The van der Waals surface area contributed by atoms with Gasteiger partial charge in [-0.2, -0.15) is 15.6 Å². The summed E-state index contributed by atoms with van der Waals surface area (Å²) in [6.07, 6.45) is 1.95. The van der Waals surface area contributed by atoms with Crippen LogP contribution in [-0.2, 0) is 0 Å². The van der Waals surface area contributed by atoms with E-state index in [9.17, 15) is 0 Å². The molecule has 0 aromatic heterocycles. The Balaban J connectivity index is 2.92. The van der Waals surface area contributed by atoms with Crippen molar-refractivity contribution in [2.24, 2.45) is 5.10 Å². The molecule has 0 saturated heterocycles. The van der Waals surface area contributed by atoms with Crippen LogP contribution in [-0.4, -0.2) is 19.1 Å². The van der Waals surface area contributed by atoms with Crippen molar-refractivity contribution >= 4 is 23.2 Å². The zero-order valence-electron chi connectivity index (χ0n) is 9.39. The van der Waals surface area contributed by atoms with E-state index >= 15 is 0 Å². The van der Waals surface area contributed by atoms with Crippen LogP contribution < -0.4 is 10.2 Å². The van der Waals surface area contributed by atoms with Crippen LogP contribution >= 0.6 is 11.8 Å². The molecule has 1 rings (SSSR count). The SMILES string of the molecule is COc1cc(NN=C(C#N)C#N)ccc1SC. The van der Waals surface area contributed by atoms with Gasteiger partial charge in [-0.15, -0.1) is 11.8 Å². The third-order valence-corrected chi connectivity index (χ3v) is 2.67. The van der Waals surface area contributed by atoms with Gasteiger partial charge < -0.3 is 4.74 Å². The summed E-state index contributed by atoms with van der Waals surface area (Å²) < 4.78 is 5.20. The molecule has 0 fully saturated rings. The first kappa shape index (κ1) is 12.9. The van der Waals surface area contributed by atoms with Crippen molar-refractivity contribution < 1.29 is 4.74 Å². The van der Waals surface area contributed by atoms with E-state index in [-0.39, 0.29) is 5.71 Å². The molecule has 1 N–H and O–H groups in total. The zero-order chi connectivity index (χ0) is 12.7. The first-order valence-electron chi connectivity index (χ1n) is 4.61. The van der Waals surface area contributed by atoms with E-state index in [4.69, 9.17) is 15.3 Å². The van der Waals surface area contributed by atoms with Gasteiger partial charge in [-0.25, -0.2) is 0 Å². The summed E-state index contributed by atoms with van der Waals surface area (Å²) in [6.45, 7) is 0. The molecule has 6 heteroatoms. The summed E-state index contributed by atoms with van der Waals surface area (Å²) in [5.74, 6) is 0.716. The zero-order valence-corrected chi connectivity index (χ0v) is 10.2. The minimum absolute atomic E-state index is 0.224. The second kappa shape index (κ2) is 6.41. The van der Waals surface area contributed by atoms with Gasteiger partial charge in [0.2, 0.25) is 5.71 Å². The lowest BCUT2D eigenvalue weighted by Crippen LogP contribution is -1.97. The van der Waals surface area contributed by atoms with Crippen LogP contribution in [0.2, 0.25) is 0 Å². The number of ether oxygens (including phenoxy) is 1. The second-order valence-corrected chi connectivity index (χ2v) is 3.71. The Morgan fingerprint density at radius 1 is 1.41 bits per heavy atom. The number of anilines is 1. The second-order valence-electron chi connectivity index (χ2n) is 2.87. The first-order chi connectivity index (χ1) is 8.24. The monoisotopic (exact) mass is 246 g/mol. The summed E-state index contributed by atoms with van der Waals surface area (Å²) in [5.41, 5.74) is 3.06. The summed E-state index contributed by atoms with van der Waals surface area (Å²) in [6, 6.07) is 8.75. The van der Waals surface area contributed by atoms with E-state index in [1.807, 2.05) is 12.3 Å². The Bertz CT molecular complexity index is 497. The van der Waals surface area contributed by atoms with Crippen molar-refractivity contribution in [1.82, 2.24) is 0 Å². The number of nitrogens with zero attached hydrogens (tertiary/aromatic N) is 3. The van der Waals surface area contributed by atoms with E-state index in [0.717, 1.165) is 4.90 Å². The average molecular weight is 246 g/mol. The highest BCUT2D eigenvalue weighted by Gasteiger charge is 2.03. The third-order valence-electron chi connectivity index (χ3n) is 1.89. The van der Waals surface area contributed by atoms with Crippen LogP contribution in [0.4, 0.5) is 5.69 Å². The maximum Gasteiger partial charge on any atom is 0.237 e. The molecule has 0 heterocycles. The van der Waals surface area contributed by atoms with Crippen LogP contribution in [0.15, 0.2) is 28.2 Å². The molecule has 1 aromatic rings. The Morgan fingerprint density at radius 3 is 2.65 bits per heavy atom. The van der Waals surface area contributed by atoms with Crippen molar-refractivity contribution in [3.05, 3.63) is 18.2 Å². The van der Waals surface area contributed by atoms with Crippen molar-refractivity contribution in [2.45, 2.75) is 4.90 Å². The number of rotatable bonds is 4. The maximum atomic E-state index is 8.52. The average Bonchev–Trinajstić information content (AvgIpc) is 2.39. The number of hydrogen-bond acceptors (Lipinski definition) is 6. The number of thioether (sulfide) groups is 1. The molecule has 1 aromatic carbocycles. The molecule has 0 radical (unpaired) electrons. The standard InChI is InChI=1S/C11H10N4OS/c1-16-10-5-8(3-4-11(10)17-2)14-15-9(6-12)7-13/h3-5,14H,1-2H3. The molecule has 0 saturated carbocycles. The lowest BCUT2D eigenvalue weighted by molar-refractivity contribution is 0.405. The van der Waals surface area contributed by atoms with E-state index in [0.29, 0.717) is 11.4 Å². The van der Waals surface area contributed by atoms with Gasteiger partial charge in [0, 0.05) is 11.0 Å². The highest BCUT2D eigenvalue weighted by Crippen LogP contribution is 2.30. The quantitative estimate of drug-likeness (QED) is 0.500. The van der Waals surface area contributed by atoms with Crippen LogP contribution in [0.25, 0.3) is 0 Å². The fraction of sp³-hybridized carbons (Fsp3) is 0.182. The summed E-state index contributed by atoms with van der Waals surface area (Å²) >= 11 is 1.57. The predicted octanol–water partition coefficient (Wildman–Crippen LogP) is 2.23. The van der Waals surface area contributed by atoms with E-state index in [1.54, 1.807) is 43.1 Å². The molecule has 0 aliphatic rings. The molecule has 0 bridgehead atoms. The Kier molecular flexibility index (Phi) is 4.86. The third kappa shape index (κ3) is 3.40. The van der Waals surface area contributed by atoms with Crippen molar-refractivity contribution in [2.75, 3.05) is 18.8 Å². The molecule has 0 aliphatic carbocycles. The number of nitrogens with one attached hydrogen (secondary N) is 1. The molecule has 0 spiro atoms. The minimum Gasteiger partial charge on any atom is -0.496 e. The fourth-order valence-corrected chi connectivity index (χ4v) is 1.65. The summed E-state index contributed by atoms with van der Waals surface area (Å²) in [7, 11) is 1.58. The molecule has 0 aliphatic heterocycles. The molecule has 0 atom stereocenters. The van der Waals surface area contributed by atoms with Gasteiger partial charge >= 0.3 is 0 Å². The molecule has 17 heavy (non-hydrogen) atoms. The van der Waals surface area contributed by atoms with Gasteiger partial charge in [0.1, 0.15) is 17.9 Å². The van der Waals surface area contributed by atoms with Gasteiger partial charge in [-0.05, 0) is 18.4 Å². The number of methoxy groups -OCH3 is 1. The normalized spacial score (nSPS) is 8.71. The summed E-state index contributed by atoms with van der Waals surface area (Å²) in [4.78, 5) is 1.00. The maximum absolute atomic E-state index is 8.52. The van der Waals surface area contributed by atoms with Crippen molar-refractivity contribution in [3.63, 3.8) is 0 Å². The molecule has 0 unspecified atom stereocenters. The molecular weight excluding hydrogens is 236 g/mol. The number of nitriles is 2. The molecular formula is C11H10N4OS. The first-order valence-corrected chi connectivity index (χ1v) is 5.83. The van der Waals surface area contributed by atoms with Gasteiger partial charge in [0.25, 0.3) is 0 Å². The lowest BCUT2D eigenvalue weighted by Gasteiger charge is -2.08. The van der Waals surface area contributed by atoms with Crippen LogP contribution in [0, 0.1) is 22.7 Å². The van der Waals surface area contributed by atoms with Gasteiger partial charge in [0.05, 0.1) is 12.8 Å². The number of benzene rings is 1. The van der Waals surface area contributed by atoms with Gasteiger partial charge in [-0.3, -0.25) is 5.43 Å². The lowest BCUT2D eigenvalue weighted by atomic mass is 10.3. The van der Waals surface area contributed by atoms with Gasteiger partial charge in [0.15, 0.2) is 0 Å². The van der Waals surface area contributed by atoms with Crippen LogP contribution in [0.5, 0.6) is 5.75 Å². The van der Waals surface area contributed by atoms with Crippen LogP contribution in [0.1, 0.15) is 0 Å². The number of hydrogen-bond donors (Lipinski definition) is 1. The number of hydrazone groups is 1. The smallest absolute Gasteiger partial charge is 0.237 e. The van der Waals surface area contributed by atoms with Crippen LogP contribution in [0.3, 0.4) is 0 Å². The Morgan fingerprint density at radius 2 is 2.12 bits per heavy atom. The predicted molar refractivity (Wildman–Crippen MR) is 67.1 cm³/mol.